The Morgan fingerprint density at radius 3 is 2.52 bits per heavy atom. The molecule has 31 heavy (non-hydrogen) atoms. The van der Waals surface area contributed by atoms with Gasteiger partial charge in [0.1, 0.15) is 11.2 Å². The zero-order valence-electron chi connectivity index (χ0n) is 18.2. The number of hydrogen-bond donors (Lipinski definition) is 1. The van der Waals surface area contributed by atoms with Crippen LogP contribution in [0.5, 0.6) is 0 Å². The van der Waals surface area contributed by atoms with E-state index in [1.807, 2.05) is 48.7 Å². The molecular formula is C25H29N3O3. The summed E-state index contributed by atoms with van der Waals surface area (Å²) in [4.78, 5) is 29.2. The molecule has 1 fully saturated rings. The number of aromatic nitrogens is 1. The van der Waals surface area contributed by atoms with Crippen LogP contribution in [0.25, 0.3) is 11.1 Å². The van der Waals surface area contributed by atoms with Crippen molar-refractivity contribution in [3.63, 3.8) is 0 Å². The van der Waals surface area contributed by atoms with Gasteiger partial charge >= 0.3 is 0 Å². The minimum Gasteiger partial charge on any atom is -0.463 e. The molecule has 1 N–H and O–H groups in total. The summed E-state index contributed by atoms with van der Waals surface area (Å²) in [5.74, 6) is -0.274. The fraction of sp³-hybridized carbons (Fsp3) is 0.440. The summed E-state index contributed by atoms with van der Waals surface area (Å²) in [6.07, 6.45) is 8.35. The number of anilines is 1. The Morgan fingerprint density at radius 2 is 1.81 bits per heavy atom. The van der Waals surface area contributed by atoms with Crippen LogP contribution in [0.4, 0.5) is 5.69 Å². The molecule has 0 spiro atoms. The molecule has 3 heterocycles. The molecule has 5 rings (SSSR count). The molecule has 1 aliphatic carbocycles. The van der Waals surface area contributed by atoms with Crippen molar-refractivity contribution >= 4 is 28.6 Å². The van der Waals surface area contributed by atoms with E-state index < -0.39 is 5.54 Å². The quantitative estimate of drug-likeness (QED) is 0.620. The van der Waals surface area contributed by atoms with Gasteiger partial charge in [0.2, 0.25) is 5.91 Å². The molecule has 0 radical (unpaired) electrons. The number of furan rings is 1. The fourth-order valence-electron chi connectivity index (χ4n) is 5.08. The van der Waals surface area contributed by atoms with Gasteiger partial charge in [0.25, 0.3) is 5.91 Å². The number of carbonyl (C=O) groups excluding carboxylic acids is 2. The minimum atomic E-state index is -1.05. The average Bonchev–Trinajstić information content (AvgIpc) is 3.24. The molecule has 6 heteroatoms. The van der Waals surface area contributed by atoms with Gasteiger partial charge < -0.3 is 14.3 Å². The van der Waals surface area contributed by atoms with Gasteiger partial charge in [-0.3, -0.25) is 14.5 Å². The van der Waals surface area contributed by atoms with E-state index >= 15 is 0 Å². The van der Waals surface area contributed by atoms with E-state index in [1.165, 1.54) is 12.8 Å². The first-order valence-corrected chi connectivity index (χ1v) is 11.3. The summed E-state index contributed by atoms with van der Waals surface area (Å²) in [5, 5.41) is 3.30. The third kappa shape index (κ3) is 3.34. The normalized spacial score (nSPS) is 22.4. The highest BCUT2D eigenvalue weighted by molar-refractivity contribution is 6.13. The zero-order valence-corrected chi connectivity index (χ0v) is 18.2. The average molecular weight is 420 g/mol. The molecule has 2 aliphatic rings. The standard InChI is InChI=1S/C25H29N3O3/c1-17-9-11-19(12-10-17)28-23(29)21-15-22-20(13-14-31-22)27(21)16-25(28,2)24(30)26-18-7-5-3-4-6-8-18/h9-15,18H,3-8,16H2,1-2H3,(H,26,30). The van der Waals surface area contributed by atoms with Gasteiger partial charge in [-0.15, -0.1) is 0 Å². The molecule has 0 saturated heterocycles. The number of rotatable bonds is 3. The Labute approximate surface area is 182 Å². The number of nitrogens with one attached hydrogen (secondary N) is 1. The SMILES string of the molecule is Cc1ccc(N2C(=O)c3cc4occc4n3CC2(C)C(=O)NC2CCCCCC2)cc1. The Balaban J connectivity index is 1.57. The highest BCUT2D eigenvalue weighted by Crippen LogP contribution is 2.36. The van der Waals surface area contributed by atoms with Crippen molar-refractivity contribution < 1.29 is 14.0 Å². The Kier molecular flexibility index (Phi) is 4.88. The van der Waals surface area contributed by atoms with E-state index in [-0.39, 0.29) is 17.9 Å². The summed E-state index contributed by atoms with van der Waals surface area (Å²) in [5.41, 5.74) is 2.86. The highest BCUT2D eigenvalue weighted by atomic mass is 16.3. The minimum absolute atomic E-state index is 0.0932. The Morgan fingerprint density at radius 1 is 1.10 bits per heavy atom. The largest absolute Gasteiger partial charge is 0.463 e. The van der Waals surface area contributed by atoms with Gasteiger partial charge in [0.15, 0.2) is 5.58 Å². The van der Waals surface area contributed by atoms with Crippen molar-refractivity contribution in [3.05, 3.63) is 53.9 Å². The van der Waals surface area contributed by atoms with Crippen LogP contribution in [0.3, 0.4) is 0 Å². The van der Waals surface area contributed by atoms with Gasteiger partial charge in [-0.1, -0.05) is 43.4 Å². The second-order valence-corrected chi connectivity index (χ2v) is 9.20. The van der Waals surface area contributed by atoms with Crippen molar-refractivity contribution in [2.75, 3.05) is 4.90 Å². The third-order valence-electron chi connectivity index (χ3n) is 6.88. The lowest BCUT2D eigenvalue weighted by Gasteiger charge is -2.44. The Bertz CT molecular complexity index is 1120. The Hall–Kier alpha value is -3.02. The smallest absolute Gasteiger partial charge is 0.276 e. The van der Waals surface area contributed by atoms with Crippen molar-refractivity contribution in [1.29, 1.82) is 0 Å². The maximum atomic E-state index is 13.8. The topological polar surface area (TPSA) is 67.5 Å². The molecule has 1 aromatic carbocycles. The lowest BCUT2D eigenvalue weighted by molar-refractivity contribution is -0.127. The summed E-state index contributed by atoms with van der Waals surface area (Å²) >= 11 is 0. The first-order valence-electron chi connectivity index (χ1n) is 11.3. The predicted molar refractivity (Wildman–Crippen MR) is 120 cm³/mol. The molecule has 6 nitrogen and oxygen atoms in total. The summed E-state index contributed by atoms with van der Waals surface area (Å²) < 4.78 is 7.48. The lowest BCUT2D eigenvalue weighted by atomic mass is 9.92. The van der Waals surface area contributed by atoms with Gasteiger partial charge in [-0.05, 0) is 38.8 Å². The molecule has 0 bridgehead atoms. The van der Waals surface area contributed by atoms with Crippen molar-refractivity contribution in [1.82, 2.24) is 9.88 Å². The van der Waals surface area contributed by atoms with E-state index in [9.17, 15) is 9.59 Å². The molecule has 3 aromatic rings. The fourth-order valence-corrected chi connectivity index (χ4v) is 5.08. The zero-order chi connectivity index (χ0) is 21.6. The molecule has 1 saturated carbocycles. The van der Waals surface area contributed by atoms with Crippen LogP contribution >= 0.6 is 0 Å². The molecule has 2 amide bonds. The number of amides is 2. The first-order chi connectivity index (χ1) is 15.0. The van der Waals surface area contributed by atoms with Gasteiger partial charge in [0, 0.05) is 23.9 Å². The van der Waals surface area contributed by atoms with E-state index in [2.05, 4.69) is 5.32 Å². The van der Waals surface area contributed by atoms with Crippen LogP contribution in [0.2, 0.25) is 0 Å². The summed E-state index contributed by atoms with van der Waals surface area (Å²) in [6.45, 7) is 4.27. The third-order valence-corrected chi connectivity index (χ3v) is 6.88. The van der Waals surface area contributed by atoms with E-state index in [0.717, 1.165) is 42.5 Å². The van der Waals surface area contributed by atoms with E-state index in [4.69, 9.17) is 4.42 Å². The summed E-state index contributed by atoms with van der Waals surface area (Å²) in [7, 11) is 0. The molecule has 2 aromatic heterocycles. The number of carbonyl (C=O) groups is 2. The maximum absolute atomic E-state index is 13.8. The molecular weight excluding hydrogens is 390 g/mol. The summed E-state index contributed by atoms with van der Waals surface area (Å²) in [6, 6.07) is 11.6. The van der Waals surface area contributed by atoms with Crippen LogP contribution in [0.1, 0.15) is 61.5 Å². The number of hydrogen-bond acceptors (Lipinski definition) is 3. The lowest BCUT2D eigenvalue weighted by Crippen LogP contribution is -2.65. The molecule has 1 atom stereocenters. The molecule has 1 unspecified atom stereocenters. The number of benzene rings is 1. The van der Waals surface area contributed by atoms with Crippen molar-refractivity contribution in [3.8, 4) is 0 Å². The van der Waals surface area contributed by atoms with Gasteiger partial charge in [-0.2, -0.15) is 0 Å². The van der Waals surface area contributed by atoms with Gasteiger partial charge in [0.05, 0.1) is 18.3 Å². The van der Waals surface area contributed by atoms with Crippen molar-refractivity contribution in [2.45, 2.75) is 70.5 Å². The highest BCUT2D eigenvalue weighted by Gasteiger charge is 2.49. The second-order valence-electron chi connectivity index (χ2n) is 9.20. The second kappa shape index (κ2) is 7.59. The van der Waals surface area contributed by atoms with Crippen LogP contribution in [0.15, 0.2) is 47.1 Å². The van der Waals surface area contributed by atoms with Crippen LogP contribution in [-0.4, -0.2) is 28.0 Å². The van der Waals surface area contributed by atoms with Crippen molar-refractivity contribution in [2.24, 2.45) is 0 Å². The first kappa shape index (κ1) is 19.9. The predicted octanol–water partition coefficient (Wildman–Crippen LogP) is 4.80. The van der Waals surface area contributed by atoms with Gasteiger partial charge in [-0.25, -0.2) is 0 Å². The van der Waals surface area contributed by atoms with Crippen LogP contribution in [-0.2, 0) is 11.3 Å². The van der Waals surface area contributed by atoms with Crippen LogP contribution in [0, 0.1) is 6.92 Å². The molecule has 1 aliphatic heterocycles. The number of fused-ring (bicyclic) bond motifs is 3. The number of nitrogens with zero attached hydrogens (tertiary/aromatic N) is 2. The van der Waals surface area contributed by atoms with E-state index in [1.54, 1.807) is 17.2 Å². The molecule has 162 valence electrons. The van der Waals surface area contributed by atoms with E-state index in [0.29, 0.717) is 17.8 Å². The monoisotopic (exact) mass is 419 g/mol. The van der Waals surface area contributed by atoms with Crippen LogP contribution < -0.4 is 10.2 Å². The maximum Gasteiger partial charge on any atom is 0.276 e. The number of aryl methyl sites for hydroxylation is 1.